The molecule has 1 aliphatic heterocycles. The average molecular weight is 577 g/mol. The second kappa shape index (κ2) is 14.8. The summed E-state index contributed by atoms with van der Waals surface area (Å²) in [6, 6.07) is 14.6. The lowest BCUT2D eigenvalue weighted by molar-refractivity contribution is 0.0623. The van der Waals surface area contributed by atoms with Gasteiger partial charge in [0.15, 0.2) is 0 Å². The number of nitrogens with zero attached hydrogens (tertiary/aromatic N) is 1. The molecule has 0 unspecified atom stereocenters. The Morgan fingerprint density at radius 1 is 1.18 bits per heavy atom. The largest absolute Gasteiger partial charge is 0.444 e. The number of amides is 1. The number of carbonyl (C=O) groups is 1. The number of unbranched alkanes of at least 4 members (excludes halogenated alkanes) is 1. The summed E-state index contributed by atoms with van der Waals surface area (Å²) in [5.41, 5.74) is 12.4. The van der Waals surface area contributed by atoms with E-state index in [-0.39, 0.29) is 35.9 Å². The summed E-state index contributed by atoms with van der Waals surface area (Å²) >= 11 is 0. The topological polar surface area (TPSA) is 157 Å². The molecule has 222 valence electrons. The fourth-order valence-corrected chi connectivity index (χ4v) is 6.42. The number of aliphatic hydroxyl groups is 1. The minimum atomic E-state index is -4.00. The Balaban J connectivity index is 1.85. The zero-order valence-electron chi connectivity index (χ0n) is 23.5. The molecule has 1 heterocycles. The van der Waals surface area contributed by atoms with Crippen molar-refractivity contribution in [2.45, 2.75) is 69.1 Å². The molecule has 6 N–H and O–H groups in total. The maximum atomic E-state index is 13.8. The van der Waals surface area contributed by atoms with Crippen LogP contribution in [0.25, 0.3) is 0 Å². The Morgan fingerprint density at radius 3 is 2.50 bits per heavy atom. The van der Waals surface area contributed by atoms with Gasteiger partial charge in [-0.15, -0.1) is 0 Å². The van der Waals surface area contributed by atoms with Crippen LogP contribution >= 0.6 is 0 Å². The number of anilines is 1. The number of rotatable bonds is 15. The monoisotopic (exact) mass is 576 g/mol. The van der Waals surface area contributed by atoms with Crippen LogP contribution in [-0.2, 0) is 25.9 Å². The van der Waals surface area contributed by atoms with Crippen LogP contribution in [0.1, 0.15) is 45.1 Å². The van der Waals surface area contributed by atoms with Gasteiger partial charge in [0, 0.05) is 25.2 Å². The average Bonchev–Trinajstić information content (AvgIpc) is 3.41. The molecule has 2 aromatic rings. The number of nitrogens with one attached hydrogen (secondary N) is 1. The van der Waals surface area contributed by atoms with Gasteiger partial charge in [0.25, 0.3) is 0 Å². The molecule has 0 saturated carbocycles. The van der Waals surface area contributed by atoms with Crippen molar-refractivity contribution in [3.05, 3.63) is 60.2 Å². The van der Waals surface area contributed by atoms with Crippen molar-refractivity contribution < 1.29 is 27.8 Å². The molecule has 0 bridgehead atoms. The second-order valence-electron chi connectivity index (χ2n) is 11.2. The highest BCUT2D eigenvalue weighted by atomic mass is 32.2. The summed E-state index contributed by atoms with van der Waals surface area (Å²) < 4.78 is 39.8. The first-order valence-electron chi connectivity index (χ1n) is 13.8. The Morgan fingerprint density at radius 2 is 1.88 bits per heavy atom. The molecular formula is C29H44N4O6S. The summed E-state index contributed by atoms with van der Waals surface area (Å²) in [6.07, 6.45) is 1.09. The van der Waals surface area contributed by atoms with Crippen molar-refractivity contribution in [3.8, 4) is 0 Å². The second-order valence-corrected chi connectivity index (χ2v) is 13.1. The molecule has 0 aromatic heterocycles. The predicted molar refractivity (Wildman–Crippen MR) is 155 cm³/mol. The van der Waals surface area contributed by atoms with E-state index in [1.54, 1.807) is 0 Å². The Kier molecular flexibility index (Phi) is 11.8. The van der Waals surface area contributed by atoms with Crippen LogP contribution in [0.2, 0.25) is 0 Å². The lowest BCUT2D eigenvalue weighted by Gasteiger charge is -2.35. The Hall–Kier alpha value is -2.70. The highest BCUT2D eigenvalue weighted by molar-refractivity contribution is 7.89. The van der Waals surface area contributed by atoms with E-state index >= 15 is 0 Å². The van der Waals surface area contributed by atoms with Gasteiger partial charge < -0.3 is 31.4 Å². The molecule has 10 nitrogen and oxygen atoms in total. The summed E-state index contributed by atoms with van der Waals surface area (Å²) in [5.74, 6) is 0. The van der Waals surface area contributed by atoms with Gasteiger partial charge in [0.05, 0.1) is 30.3 Å². The number of hydrogen-bond donors (Lipinski definition) is 4. The molecule has 1 saturated heterocycles. The zero-order valence-corrected chi connectivity index (χ0v) is 24.3. The molecule has 3 atom stereocenters. The van der Waals surface area contributed by atoms with Crippen LogP contribution in [0.3, 0.4) is 0 Å². The zero-order chi connectivity index (χ0) is 29.2. The van der Waals surface area contributed by atoms with Crippen LogP contribution < -0.4 is 16.8 Å². The van der Waals surface area contributed by atoms with Crippen molar-refractivity contribution in [3.63, 3.8) is 0 Å². The normalized spacial score (nSPS) is 17.5. The number of nitrogen functional groups attached to an aromatic ring is 1. The van der Waals surface area contributed by atoms with E-state index in [0.717, 1.165) is 24.8 Å². The van der Waals surface area contributed by atoms with Crippen LogP contribution in [0.5, 0.6) is 0 Å². The molecule has 3 rings (SSSR count). The highest BCUT2D eigenvalue weighted by Gasteiger charge is 2.35. The van der Waals surface area contributed by atoms with Crippen LogP contribution in [-0.4, -0.2) is 75.0 Å². The van der Waals surface area contributed by atoms with Gasteiger partial charge in [-0.25, -0.2) is 13.2 Å². The number of alkyl carbamates (subject to hydrolysis) is 1. The van der Waals surface area contributed by atoms with Gasteiger partial charge in [-0.1, -0.05) is 50.6 Å². The van der Waals surface area contributed by atoms with Crippen LogP contribution in [0, 0.1) is 5.41 Å². The first-order chi connectivity index (χ1) is 19.0. The molecule has 2 aromatic carbocycles. The summed E-state index contributed by atoms with van der Waals surface area (Å²) in [7, 11) is -4.00. The van der Waals surface area contributed by atoms with Gasteiger partial charge in [-0.3, -0.25) is 0 Å². The van der Waals surface area contributed by atoms with E-state index in [2.05, 4.69) is 5.32 Å². The number of ether oxygens (including phenoxy) is 2. The highest BCUT2D eigenvalue weighted by Crippen LogP contribution is 2.29. The van der Waals surface area contributed by atoms with Gasteiger partial charge in [-0.05, 0) is 61.1 Å². The number of benzene rings is 2. The SMILES string of the molecule is CC(C)(CCCCN)CN(C[C@H](O)[C@H](Cc1ccccc1)NC(=O)O[C@H]1CCOC1)S(=O)(=O)c1ccc(N)cc1. The predicted octanol–water partition coefficient (Wildman–Crippen LogP) is 2.90. The molecule has 1 amide bonds. The van der Waals surface area contributed by atoms with Crippen LogP contribution in [0.15, 0.2) is 59.5 Å². The van der Waals surface area contributed by atoms with E-state index in [0.29, 0.717) is 31.9 Å². The van der Waals surface area contributed by atoms with E-state index < -0.39 is 28.3 Å². The van der Waals surface area contributed by atoms with Gasteiger partial charge >= 0.3 is 6.09 Å². The lowest BCUT2D eigenvalue weighted by atomic mass is 9.87. The van der Waals surface area contributed by atoms with E-state index in [1.807, 2.05) is 44.2 Å². The molecule has 1 aliphatic rings. The smallest absolute Gasteiger partial charge is 0.407 e. The van der Waals surface area contributed by atoms with Gasteiger partial charge in [0.2, 0.25) is 10.0 Å². The van der Waals surface area contributed by atoms with Crippen molar-refractivity contribution in [2.75, 3.05) is 38.6 Å². The fraction of sp³-hybridized carbons (Fsp3) is 0.552. The third-order valence-electron chi connectivity index (χ3n) is 7.05. The van der Waals surface area contributed by atoms with E-state index in [9.17, 15) is 18.3 Å². The molecule has 0 spiro atoms. The first-order valence-corrected chi connectivity index (χ1v) is 15.3. The van der Waals surface area contributed by atoms with Crippen molar-refractivity contribution in [1.82, 2.24) is 9.62 Å². The van der Waals surface area contributed by atoms with Gasteiger partial charge in [0.1, 0.15) is 6.10 Å². The number of hydrogen-bond acceptors (Lipinski definition) is 8. The number of sulfonamides is 1. The standard InChI is InChI=1S/C29H44N4O6S/c1-29(2,15-6-7-16-30)21-33(40(36,37)25-12-10-23(31)11-13-25)19-27(34)26(18-22-8-4-3-5-9-22)32-28(35)39-24-14-17-38-20-24/h3-5,8-13,24,26-27,34H,6-7,14-21,30-31H2,1-2H3,(H,32,35)/t24-,26-,27-/m0/s1. The minimum absolute atomic E-state index is 0.0832. The van der Waals surface area contributed by atoms with E-state index in [1.165, 1.54) is 28.6 Å². The number of carbonyl (C=O) groups excluding carboxylic acids is 1. The maximum Gasteiger partial charge on any atom is 0.407 e. The molecule has 0 aliphatic carbocycles. The van der Waals surface area contributed by atoms with Crippen LogP contribution in [0.4, 0.5) is 10.5 Å². The third-order valence-corrected chi connectivity index (χ3v) is 8.87. The van der Waals surface area contributed by atoms with Crippen molar-refractivity contribution in [1.29, 1.82) is 0 Å². The maximum absolute atomic E-state index is 13.8. The van der Waals surface area contributed by atoms with Gasteiger partial charge in [-0.2, -0.15) is 4.31 Å². The molecule has 40 heavy (non-hydrogen) atoms. The van der Waals surface area contributed by atoms with Crippen molar-refractivity contribution in [2.24, 2.45) is 11.1 Å². The lowest BCUT2D eigenvalue weighted by Crippen LogP contribution is -2.52. The summed E-state index contributed by atoms with van der Waals surface area (Å²) in [4.78, 5) is 12.8. The Labute approximate surface area is 238 Å². The third kappa shape index (κ3) is 9.74. The van der Waals surface area contributed by atoms with Crippen molar-refractivity contribution >= 4 is 21.8 Å². The molecular weight excluding hydrogens is 532 g/mol. The first kappa shape index (κ1) is 31.8. The minimum Gasteiger partial charge on any atom is -0.444 e. The molecule has 11 heteroatoms. The molecule has 0 radical (unpaired) electrons. The molecule has 1 fully saturated rings. The number of aliphatic hydroxyl groups excluding tert-OH is 1. The van der Waals surface area contributed by atoms with E-state index in [4.69, 9.17) is 20.9 Å². The quantitative estimate of drug-likeness (QED) is 0.186. The Bertz CT molecular complexity index is 1150. The summed E-state index contributed by atoms with van der Waals surface area (Å²) in [5, 5.41) is 14.3. The fourth-order valence-electron chi connectivity index (χ4n) is 4.77. The number of nitrogens with two attached hydrogens (primary N) is 2. The summed E-state index contributed by atoms with van der Waals surface area (Å²) in [6.45, 7) is 5.36.